The van der Waals surface area contributed by atoms with Gasteiger partial charge < -0.3 is 4.74 Å². The summed E-state index contributed by atoms with van der Waals surface area (Å²) in [6.07, 6.45) is 1.69. The summed E-state index contributed by atoms with van der Waals surface area (Å²) < 4.78 is 18.6. The van der Waals surface area contributed by atoms with Gasteiger partial charge in [-0.1, -0.05) is 6.07 Å². The molecule has 0 amide bonds. The highest BCUT2D eigenvalue weighted by Crippen LogP contribution is 2.17. The lowest BCUT2D eigenvalue weighted by Crippen LogP contribution is -2.07. The smallest absolute Gasteiger partial charge is 0.171 e. The lowest BCUT2D eigenvalue weighted by Gasteiger charge is -2.04. The first-order valence-electron chi connectivity index (χ1n) is 5.47. The van der Waals surface area contributed by atoms with Gasteiger partial charge in [0.25, 0.3) is 0 Å². The zero-order valence-corrected chi connectivity index (χ0v) is 9.89. The van der Waals surface area contributed by atoms with E-state index in [9.17, 15) is 9.18 Å². The molecule has 0 saturated carbocycles. The number of ether oxygens (including phenoxy) is 1. The Bertz CT molecular complexity index is 555. The Morgan fingerprint density at radius 1 is 1.33 bits per heavy atom. The van der Waals surface area contributed by atoms with Crippen LogP contribution in [0.5, 0.6) is 5.75 Å². The average Bonchev–Trinajstić information content (AvgIpc) is 2.39. The molecule has 0 radical (unpaired) electrons. The maximum absolute atomic E-state index is 13.7. The van der Waals surface area contributed by atoms with E-state index in [4.69, 9.17) is 4.74 Å². The number of ketones is 1. The van der Waals surface area contributed by atoms with Crippen molar-refractivity contribution >= 4 is 5.78 Å². The number of pyridine rings is 1. The summed E-state index contributed by atoms with van der Waals surface area (Å²) in [6, 6.07) is 9.49. The minimum atomic E-state index is -0.574. The lowest BCUT2D eigenvalue weighted by atomic mass is 10.1. The van der Waals surface area contributed by atoms with E-state index >= 15 is 0 Å². The topological polar surface area (TPSA) is 39.2 Å². The lowest BCUT2D eigenvalue weighted by molar-refractivity contribution is 0.0988. The molecular formula is C14H12FNO2. The third kappa shape index (κ3) is 2.71. The quantitative estimate of drug-likeness (QED) is 0.777. The zero-order valence-electron chi connectivity index (χ0n) is 9.89. The summed E-state index contributed by atoms with van der Waals surface area (Å²) in [7, 11) is 1.45. The highest BCUT2D eigenvalue weighted by molar-refractivity contribution is 5.97. The van der Waals surface area contributed by atoms with Gasteiger partial charge in [0.05, 0.1) is 19.1 Å². The van der Waals surface area contributed by atoms with E-state index in [2.05, 4.69) is 4.98 Å². The number of halogens is 1. The van der Waals surface area contributed by atoms with Gasteiger partial charge in [-0.2, -0.15) is 0 Å². The van der Waals surface area contributed by atoms with Crippen LogP contribution in [0.25, 0.3) is 0 Å². The highest BCUT2D eigenvalue weighted by atomic mass is 19.1. The molecule has 1 aromatic heterocycles. The molecule has 18 heavy (non-hydrogen) atoms. The normalized spacial score (nSPS) is 10.1. The molecule has 0 aliphatic carbocycles. The van der Waals surface area contributed by atoms with E-state index in [1.54, 1.807) is 30.5 Å². The van der Waals surface area contributed by atoms with Gasteiger partial charge in [-0.25, -0.2) is 4.39 Å². The van der Waals surface area contributed by atoms with Crippen molar-refractivity contribution in [2.75, 3.05) is 7.11 Å². The summed E-state index contributed by atoms with van der Waals surface area (Å²) in [4.78, 5) is 16.0. The summed E-state index contributed by atoms with van der Waals surface area (Å²) in [5.74, 6) is -0.481. The van der Waals surface area contributed by atoms with Crippen LogP contribution in [0, 0.1) is 5.82 Å². The molecule has 4 heteroatoms. The second-order valence-corrected chi connectivity index (χ2v) is 3.77. The minimum absolute atomic E-state index is 0.0569. The Kier molecular flexibility index (Phi) is 3.67. The monoisotopic (exact) mass is 245 g/mol. The molecule has 0 unspecified atom stereocenters. The van der Waals surface area contributed by atoms with Crippen molar-refractivity contribution in [1.82, 2.24) is 4.98 Å². The Morgan fingerprint density at radius 3 is 2.78 bits per heavy atom. The van der Waals surface area contributed by atoms with Gasteiger partial charge in [0, 0.05) is 18.0 Å². The van der Waals surface area contributed by atoms with Gasteiger partial charge >= 0.3 is 0 Å². The van der Waals surface area contributed by atoms with Crippen molar-refractivity contribution in [1.29, 1.82) is 0 Å². The van der Waals surface area contributed by atoms with Gasteiger partial charge in [0.2, 0.25) is 0 Å². The van der Waals surface area contributed by atoms with Crippen LogP contribution in [0.15, 0.2) is 42.6 Å². The van der Waals surface area contributed by atoms with Crippen molar-refractivity contribution < 1.29 is 13.9 Å². The molecule has 92 valence electrons. The standard InChI is InChI=1S/C14H12FNO2/c1-18-11-5-6-12(13(15)9-11)14(17)8-10-4-2-3-7-16-10/h2-7,9H,8H2,1H3. The number of carbonyl (C=O) groups excluding carboxylic acids is 1. The van der Waals surface area contributed by atoms with Crippen molar-refractivity contribution in [3.63, 3.8) is 0 Å². The summed E-state index contributed by atoms with van der Waals surface area (Å²) in [6.45, 7) is 0. The number of Topliss-reactive ketones (excluding diaryl/α,β-unsaturated/α-hetero) is 1. The maximum Gasteiger partial charge on any atom is 0.171 e. The SMILES string of the molecule is COc1ccc(C(=O)Cc2ccccn2)c(F)c1. The van der Waals surface area contributed by atoms with E-state index in [0.29, 0.717) is 11.4 Å². The molecule has 0 atom stereocenters. The summed E-state index contributed by atoms with van der Waals surface area (Å²) in [5.41, 5.74) is 0.680. The number of rotatable bonds is 4. The van der Waals surface area contributed by atoms with Crippen LogP contribution in [0.4, 0.5) is 4.39 Å². The van der Waals surface area contributed by atoms with E-state index in [-0.39, 0.29) is 17.8 Å². The third-order valence-corrected chi connectivity index (χ3v) is 2.54. The molecule has 0 aliphatic heterocycles. The third-order valence-electron chi connectivity index (χ3n) is 2.54. The molecule has 2 aromatic rings. The fourth-order valence-corrected chi connectivity index (χ4v) is 1.61. The molecule has 2 rings (SSSR count). The van der Waals surface area contributed by atoms with Crippen LogP contribution in [0.2, 0.25) is 0 Å². The van der Waals surface area contributed by atoms with Crippen LogP contribution < -0.4 is 4.74 Å². The minimum Gasteiger partial charge on any atom is -0.497 e. The second-order valence-electron chi connectivity index (χ2n) is 3.77. The van der Waals surface area contributed by atoms with Gasteiger partial charge in [-0.05, 0) is 24.3 Å². The van der Waals surface area contributed by atoms with Crippen molar-refractivity contribution in [2.24, 2.45) is 0 Å². The highest BCUT2D eigenvalue weighted by Gasteiger charge is 2.13. The Morgan fingerprint density at radius 2 is 2.17 bits per heavy atom. The number of benzene rings is 1. The number of methoxy groups -OCH3 is 1. The van der Waals surface area contributed by atoms with E-state index in [1.807, 2.05) is 0 Å². The van der Waals surface area contributed by atoms with Crippen LogP contribution in [-0.4, -0.2) is 17.9 Å². The van der Waals surface area contributed by atoms with Crippen molar-refractivity contribution in [2.45, 2.75) is 6.42 Å². The predicted octanol–water partition coefficient (Wildman–Crippen LogP) is 2.65. The summed E-state index contributed by atoms with van der Waals surface area (Å²) in [5, 5.41) is 0. The molecule has 1 heterocycles. The zero-order chi connectivity index (χ0) is 13.0. The first kappa shape index (κ1) is 12.2. The Hall–Kier alpha value is -2.23. The molecule has 0 spiro atoms. The second kappa shape index (κ2) is 5.40. The Balaban J connectivity index is 2.19. The molecular weight excluding hydrogens is 233 g/mol. The first-order valence-corrected chi connectivity index (χ1v) is 5.47. The summed E-state index contributed by atoms with van der Waals surface area (Å²) >= 11 is 0. The largest absolute Gasteiger partial charge is 0.497 e. The number of nitrogens with zero attached hydrogens (tertiary/aromatic N) is 1. The molecule has 1 aromatic carbocycles. The number of aromatic nitrogens is 1. The van der Waals surface area contributed by atoms with E-state index in [1.165, 1.54) is 19.2 Å². The molecule has 0 bridgehead atoms. The number of carbonyl (C=O) groups is 1. The fraction of sp³-hybridized carbons (Fsp3) is 0.143. The molecule has 3 nitrogen and oxygen atoms in total. The molecule has 0 aliphatic rings. The van der Waals surface area contributed by atoms with E-state index < -0.39 is 5.82 Å². The first-order chi connectivity index (χ1) is 8.70. The van der Waals surface area contributed by atoms with Gasteiger partial charge in [0.1, 0.15) is 11.6 Å². The average molecular weight is 245 g/mol. The molecule has 0 fully saturated rings. The predicted molar refractivity (Wildman–Crippen MR) is 65.2 cm³/mol. The van der Waals surface area contributed by atoms with Crippen LogP contribution in [-0.2, 0) is 6.42 Å². The molecule has 0 saturated heterocycles. The van der Waals surface area contributed by atoms with Crippen molar-refractivity contribution in [3.05, 3.63) is 59.7 Å². The number of hydrogen-bond donors (Lipinski definition) is 0. The van der Waals surface area contributed by atoms with Crippen molar-refractivity contribution in [3.8, 4) is 5.75 Å². The van der Waals surface area contributed by atoms with Gasteiger partial charge in [-0.15, -0.1) is 0 Å². The van der Waals surface area contributed by atoms with Gasteiger partial charge in [-0.3, -0.25) is 9.78 Å². The fourth-order valence-electron chi connectivity index (χ4n) is 1.61. The van der Waals surface area contributed by atoms with E-state index in [0.717, 1.165) is 0 Å². The van der Waals surface area contributed by atoms with Gasteiger partial charge in [0.15, 0.2) is 5.78 Å². The Labute approximate surface area is 104 Å². The van der Waals surface area contributed by atoms with Crippen LogP contribution >= 0.6 is 0 Å². The molecule has 0 N–H and O–H groups in total. The van der Waals surface area contributed by atoms with Crippen LogP contribution in [0.3, 0.4) is 0 Å². The van der Waals surface area contributed by atoms with Crippen LogP contribution in [0.1, 0.15) is 16.1 Å². The maximum atomic E-state index is 13.7. The number of hydrogen-bond acceptors (Lipinski definition) is 3.